The van der Waals surface area contributed by atoms with Crippen molar-refractivity contribution in [2.45, 2.75) is 0 Å². The summed E-state index contributed by atoms with van der Waals surface area (Å²) in [6.45, 7) is -0.0698. The zero-order chi connectivity index (χ0) is 18.5. The van der Waals surface area contributed by atoms with Crippen molar-refractivity contribution < 1.29 is 4.65 Å². The van der Waals surface area contributed by atoms with Gasteiger partial charge in [0.2, 0.25) is 0 Å². The van der Waals surface area contributed by atoms with Gasteiger partial charge in [0.05, 0.1) is 0 Å². The molecule has 0 aliphatic heterocycles. The lowest BCUT2D eigenvalue weighted by atomic mass is 9.55. The van der Waals surface area contributed by atoms with Crippen molar-refractivity contribution >= 4 is 17.8 Å². The quantitative estimate of drug-likeness (QED) is 0.472. The van der Waals surface area contributed by atoms with Crippen LogP contribution in [-0.4, -0.2) is 14.0 Å². The van der Waals surface area contributed by atoms with E-state index in [0.29, 0.717) is 0 Å². The molecular formula is C25H21BO. The van der Waals surface area contributed by atoms with Gasteiger partial charge in [-0.15, -0.1) is 0 Å². The molecule has 0 atom stereocenters. The van der Waals surface area contributed by atoms with Gasteiger partial charge in [-0.2, -0.15) is 0 Å². The van der Waals surface area contributed by atoms with Crippen LogP contribution >= 0.6 is 0 Å². The summed E-state index contributed by atoms with van der Waals surface area (Å²) in [6, 6.07) is 38.1. The fourth-order valence-electron chi connectivity index (χ4n) is 3.43. The summed E-state index contributed by atoms with van der Waals surface area (Å²) in [4.78, 5) is 0. The summed E-state index contributed by atoms with van der Waals surface area (Å²) < 4.78 is 5.81. The molecule has 1 nitrogen and oxygen atoms in total. The number of benzene rings is 4. The second-order valence-corrected chi connectivity index (χ2v) is 6.59. The SMILES string of the molecule is COB(c1ccc(-c2ccccc2)cc1)c1ccc(-c2ccccc2)cc1. The van der Waals surface area contributed by atoms with Gasteiger partial charge >= 0.3 is 6.92 Å². The molecule has 0 saturated heterocycles. The summed E-state index contributed by atoms with van der Waals surface area (Å²) in [5.41, 5.74) is 7.20. The maximum Gasteiger partial charge on any atom is 0.361 e. The summed E-state index contributed by atoms with van der Waals surface area (Å²) in [6.07, 6.45) is 0. The van der Waals surface area contributed by atoms with Crippen LogP contribution in [0.4, 0.5) is 0 Å². The second kappa shape index (κ2) is 8.07. The number of rotatable bonds is 5. The lowest BCUT2D eigenvalue weighted by Gasteiger charge is -2.14. The van der Waals surface area contributed by atoms with E-state index >= 15 is 0 Å². The van der Waals surface area contributed by atoms with Gasteiger partial charge in [0.15, 0.2) is 0 Å². The lowest BCUT2D eigenvalue weighted by molar-refractivity contribution is 0.439. The van der Waals surface area contributed by atoms with Crippen molar-refractivity contribution in [3.05, 3.63) is 109 Å². The molecular weight excluding hydrogens is 327 g/mol. The Morgan fingerprint density at radius 1 is 0.444 bits per heavy atom. The van der Waals surface area contributed by atoms with Crippen LogP contribution in [-0.2, 0) is 4.65 Å². The zero-order valence-electron chi connectivity index (χ0n) is 15.4. The van der Waals surface area contributed by atoms with E-state index in [1.165, 1.54) is 22.3 Å². The first kappa shape index (κ1) is 17.3. The van der Waals surface area contributed by atoms with Crippen molar-refractivity contribution in [3.63, 3.8) is 0 Å². The highest BCUT2D eigenvalue weighted by Crippen LogP contribution is 2.19. The Balaban J connectivity index is 1.58. The molecule has 0 amide bonds. The Morgan fingerprint density at radius 2 is 0.778 bits per heavy atom. The van der Waals surface area contributed by atoms with E-state index in [0.717, 1.165) is 10.9 Å². The Bertz CT molecular complexity index is 895. The molecule has 2 heteroatoms. The van der Waals surface area contributed by atoms with Crippen LogP contribution in [0.3, 0.4) is 0 Å². The molecule has 0 aliphatic carbocycles. The first-order valence-electron chi connectivity index (χ1n) is 9.19. The summed E-state index contributed by atoms with van der Waals surface area (Å²) in [7, 11) is 1.76. The maximum atomic E-state index is 5.81. The van der Waals surface area contributed by atoms with E-state index in [1.807, 2.05) is 12.1 Å². The van der Waals surface area contributed by atoms with Crippen molar-refractivity contribution in [2.24, 2.45) is 0 Å². The van der Waals surface area contributed by atoms with Gasteiger partial charge in [-0.05, 0) is 33.2 Å². The topological polar surface area (TPSA) is 9.23 Å². The summed E-state index contributed by atoms with van der Waals surface area (Å²) in [5.74, 6) is 0. The Morgan fingerprint density at radius 3 is 1.11 bits per heavy atom. The summed E-state index contributed by atoms with van der Waals surface area (Å²) >= 11 is 0. The predicted molar refractivity (Wildman–Crippen MR) is 116 cm³/mol. The molecule has 0 bridgehead atoms. The van der Waals surface area contributed by atoms with E-state index in [-0.39, 0.29) is 6.92 Å². The standard InChI is InChI=1S/C25H21BO/c1-27-26(24-16-12-22(13-17-24)20-8-4-2-5-9-20)25-18-14-23(15-19-25)21-10-6-3-7-11-21/h2-19H,1H3. The highest BCUT2D eigenvalue weighted by Gasteiger charge is 2.19. The average molecular weight is 348 g/mol. The van der Waals surface area contributed by atoms with Crippen LogP contribution < -0.4 is 10.9 Å². The minimum Gasteiger partial charge on any atom is -0.430 e. The minimum absolute atomic E-state index is 0.0698. The van der Waals surface area contributed by atoms with Gasteiger partial charge in [0.25, 0.3) is 0 Å². The van der Waals surface area contributed by atoms with Crippen molar-refractivity contribution in [2.75, 3.05) is 7.11 Å². The van der Waals surface area contributed by atoms with Gasteiger partial charge in [-0.25, -0.2) is 0 Å². The molecule has 0 aliphatic rings. The lowest BCUT2D eigenvalue weighted by Crippen LogP contribution is -2.44. The van der Waals surface area contributed by atoms with Crippen LogP contribution in [0.2, 0.25) is 0 Å². The Labute approximate surface area is 161 Å². The van der Waals surface area contributed by atoms with Crippen molar-refractivity contribution in [3.8, 4) is 22.3 Å². The molecule has 0 radical (unpaired) electrons. The third-order valence-electron chi connectivity index (χ3n) is 4.88. The second-order valence-electron chi connectivity index (χ2n) is 6.59. The number of hydrogen-bond acceptors (Lipinski definition) is 1. The van der Waals surface area contributed by atoms with Crippen molar-refractivity contribution in [1.82, 2.24) is 0 Å². The van der Waals surface area contributed by atoms with Crippen LogP contribution in [0.15, 0.2) is 109 Å². The van der Waals surface area contributed by atoms with E-state index in [1.54, 1.807) is 7.11 Å². The Kier molecular flexibility index (Phi) is 5.18. The number of hydrogen-bond donors (Lipinski definition) is 0. The van der Waals surface area contributed by atoms with E-state index in [2.05, 4.69) is 97.1 Å². The fourth-order valence-corrected chi connectivity index (χ4v) is 3.43. The van der Waals surface area contributed by atoms with Crippen LogP contribution in [0.1, 0.15) is 0 Å². The molecule has 0 heterocycles. The first-order chi connectivity index (χ1) is 13.3. The average Bonchev–Trinajstić information content (AvgIpc) is 2.76. The van der Waals surface area contributed by atoms with Gasteiger partial charge in [0, 0.05) is 7.11 Å². The molecule has 0 saturated carbocycles. The maximum absolute atomic E-state index is 5.81. The highest BCUT2D eigenvalue weighted by atomic mass is 16.4. The molecule has 4 rings (SSSR count). The molecule has 0 N–H and O–H groups in total. The van der Waals surface area contributed by atoms with Gasteiger partial charge in [-0.3, -0.25) is 0 Å². The third-order valence-corrected chi connectivity index (χ3v) is 4.88. The van der Waals surface area contributed by atoms with Crippen molar-refractivity contribution in [1.29, 1.82) is 0 Å². The minimum atomic E-state index is -0.0698. The molecule has 0 fully saturated rings. The van der Waals surface area contributed by atoms with Crippen LogP contribution in [0.25, 0.3) is 22.3 Å². The monoisotopic (exact) mass is 348 g/mol. The van der Waals surface area contributed by atoms with E-state index in [9.17, 15) is 0 Å². The van der Waals surface area contributed by atoms with Gasteiger partial charge < -0.3 is 4.65 Å². The van der Waals surface area contributed by atoms with E-state index in [4.69, 9.17) is 4.65 Å². The molecule has 130 valence electrons. The third kappa shape index (κ3) is 3.86. The van der Waals surface area contributed by atoms with E-state index < -0.39 is 0 Å². The summed E-state index contributed by atoms with van der Waals surface area (Å²) in [5, 5.41) is 0. The van der Waals surface area contributed by atoms with Crippen LogP contribution in [0, 0.1) is 0 Å². The smallest absolute Gasteiger partial charge is 0.361 e. The molecule has 4 aromatic rings. The van der Waals surface area contributed by atoms with Crippen LogP contribution in [0.5, 0.6) is 0 Å². The largest absolute Gasteiger partial charge is 0.430 e. The highest BCUT2D eigenvalue weighted by molar-refractivity contribution is 6.80. The Hall–Kier alpha value is -3.10. The molecule has 0 unspecified atom stereocenters. The molecule has 0 aromatic heterocycles. The zero-order valence-corrected chi connectivity index (χ0v) is 15.4. The molecule has 27 heavy (non-hydrogen) atoms. The fraction of sp³-hybridized carbons (Fsp3) is 0.0400. The predicted octanol–water partition coefficient (Wildman–Crippen LogP) is 4.77. The normalized spacial score (nSPS) is 10.6. The van der Waals surface area contributed by atoms with Gasteiger partial charge in [0.1, 0.15) is 0 Å². The first-order valence-corrected chi connectivity index (χ1v) is 9.19. The molecule has 0 spiro atoms. The molecule has 4 aromatic carbocycles. The van der Waals surface area contributed by atoms with Gasteiger partial charge in [-0.1, -0.05) is 109 Å².